The molecule has 88 valence electrons. The van der Waals surface area contributed by atoms with Gasteiger partial charge < -0.3 is 10.4 Å². The van der Waals surface area contributed by atoms with Crippen molar-refractivity contribution in [3.05, 3.63) is 34.9 Å². The van der Waals surface area contributed by atoms with E-state index in [-0.39, 0.29) is 12.1 Å². The SMILES string of the molecule is OC(Cc1ccc(Cl)cc1)C1CCCCN1. The van der Waals surface area contributed by atoms with Gasteiger partial charge in [0.15, 0.2) is 0 Å². The van der Waals surface area contributed by atoms with E-state index in [1.165, 1.54) is 12.8 Å². The standard InChI is InChI=1S/C13H18ClNO/c14-11-6-4-10(5-7-11)9-13(16)12-3-1-2-8-15-12/h4-7,12-13,15-16H,1-3,8-9H2. The van der Waals surface area contributed by atoms with E-state index < -0.39 is 0 Å². The van der Waals surface area contributed by atoms with Crippen LogP contribution in [-0.2, 0) is 6.42 Å². The molecule has 1 aliphatic heterocycles. The molecule has 1 aliphatic rings. The average molecular weight is 240 g/mol. The van der Waals surface area contributed by atoms with Crippen molar-refractivity contribution >= 4 is 11.6 Å². The van der Waals surface area contributed by atoms with Crippen molar-refractivity contribution < 1.29 is 5.11 Å². The molecular weight excluding hydrogens is 222 g/mol. The second kappa shape index (κ2) is 5.67. The Balaban J connectivity index is 1.90. The van der Waals surface area contributed by atoms with Gasteiger partial charge in [0.25, 0.3) is 0 Å². The molecule has 2 rings (SSSR count). The van der Waals surface area contributed by atoms with Crippen LogP contribution in [0.3, 0.4) is 0 Å². The number of aliphatic hydroxyl groups excluding tert-OH is 1. The number of hydrogen-bond acceptors (Lipinski definition) is 2. The number of piperidine rings is 1. The Kier molecular flexibility index (Phi) is 4.22. The van der Waals surface area contributed by atoms with E-state index in [0.717, 1.165) is 23.6 Å². The zero-order valence-corrected chi connectivity index (χ0v) is 10.1. The van der Waals surface area contributed by atoms with Crippen molar-refractivity contribution in [3.63, 3.8) is 0 Å². The lowest BCUT2D eigenvalue weighted by atomic mass is 9.95. The van der Waals surface area contributed by atoms with Gasteiger partial charge in [-0.15, -0.1) is 0 Å². The zero-order valence-electron chi connectivity index (χ0n) is 9.32. The Hall–Kier alpha value is -0.570. The number of aliphatic hydroxyl groups is 1. The highest BCUT2D eigenvalue weighted by Gasteiger charge is 2.20. The van der Waals surface area contributed by atoms with E-state index in [9.17, 15) is 5.11 Å². The molecule has 0 amide bonds. The summed E-state index contributed by atoms with van der Waals surface area (Å²) in [5, 5.41) is 14.2. The van der Waals surface area contributed by atoms with Crippen molar-refractivity contribution in [2.24, 2.45) is 0 Å². The van der Waals surface area contributed by atoms with Crippen LogP contribution in [0.2, 0.25) is 5.02 Å². The zero-order chi connectivity index (χ0) is 11.4. The Morgan fingerprint density at radius 3 is 2.69 bits per heavy atom. The molecule has 1 saturated heterocycles. The summed E-state index contributed by atoms with van der Waals surface area (Å²) in [5.41, 5.74) is 1.14. The minimum Gasteiger partial charge on any atom is -0.391 e. The van der Waals surface area contributed by atoms with Crippen molar-refractivity contribution in [2.45, 2.75) is 37.8 Å². The van der Waals surface area contributed by atoms with Crippen LogP contribution in [0.4, 0.5) is 0 Å². The van der Waals surface area contributed by atoms with Gasteiger partial charge in [-0.2, -0.15) is 0 Å². The summed E-state index contributed by atoms with van der Waals surface area (Å²) in [7, 11) is 0. The number of hydrogen-bond donors (Lipinski definition) is 2. The second-order valence-corrected chi connectivity index (χ2v) is 4.89. The molecule has 1 heterocycles. The van der Waals surface area contributed by atoms with Crippen LogP contribution in [-0.4, -0.2) is 23.8 Å². The number of nitrogens with one attached hydrogen (secondary N) is 1. The highest BCUT2D eigenvalue weighted by Crippen LogP contribution is 2.16. The number of benzene rings is 1. The molecule has 3 heteroatoms. The lowest BCUT2D eigenvalue weighted by molar-refractivity contribution is 0.113. The van der Waals surface area contributed by atoms with Crippen LogP contribution in [0, 0.1) is 0 Å². The molecule has 0 aromatic heterocycles. The summed E-state index contributed by atoms with van der Waals surface area (Å²) in [6, 6.07) is 7.96. The van der Waals surface area contributed by atoms with Crippen molar-refractivity contribution in [1.82, 2.24) is 5.32 Å². The molecule has 0 aliphatic carbocycles. The van der Waals surface area contributed by atoms with Gasteiger partial charge in [0.05, 0.1) is 6.10 Å². The molecule has 1 aromatic carbocycles. The summed E-state index contributed by atoms with van der Waals surface area (Å²) >= 11 is 5.82. The van der Waals surface area contributed by atoms with Gasteiger partial charge in [-0.1, -0.05) is 30.2 Å². The summed E-state index contributed by atoms with van der Waals surface area (Å²) in [6.07, 6.45) is 3.93. The predicted octanol–water partition coefficient (Wildman–Crippen LogP) is 2.39. The third-order valence-corrected chi connectivity index (χ3v) is 3.42. The molecular formula is C13H18ClNO. The first-order valence-corrected chi connectivity index (χ1v) is 6.29. The highest BCUT2D eigenvalue weighted by molar-refractivity contribution is 6.30. The van der Waals surface area contributed by atoms with Gasteiger partial charge in [0.2, 0.25) is 0 Å². The second-order valence-electron chi connectivity index (χ2n) is 4.45. The topological polar surface area (TPSA) is 32.3 Å². The van der Waals surface area contributed by atoms with E-state index in [1.807, 2.05) is 24.3 Å². The molecule has 0 radical (unpaired) electrons. The van der Waals surface area contributed by atoms with Crippen LogP contribution in [0.5, 0.6) is 0 Å². The maximum absolute atomic E-state index is 10.1. The largest absolute Gasteiger partial charge is 0.391 e. The first-order valence-electron chi connectivity index (χ1n) is 5.91. The van der Waals surface area contributed by atoms with Gasteiger partial charge in [0.1, 0.15) is 0 Å². The van der Waals surface area contributed by atoms with E-state index in [0.29, 0.717) is 6.42 Å². The predicted molar refractivity (Wildman–Crippen MR) is 66.8 cm³/mol. The monoisotopic (exact) mass is 239 g/mol. The van der Waals surface area contributed by atoms with E-state index in [4.69, 9.17) is 11.6 Å². The summed E-state index contributed by atoms with van der Waals surface area (Å²) in [5.74, 6) is 0. The number of rotatable bonds is 3. The molecule has 1 aromatic rings. The van der Waals surface area contributed by atoms with Crippen LogP contribution in [0.25, 0.3) is 0 Å². The smallest absolute Gasteiger partial charge is 0.0733 e. The van der Waals surface area contributed by atoms with Crippen molar-refractivity contribution in [2.75, 3.05) is 6.54 Å². The minimum atomic E-state index is -0.290. The lowest BCUT2D eigenvalue weighted by Crippen LogP contribution is -2.44. The van der Waals surface area contributed by atoms with Crippen LogP contribution >= 0.6 is 11.6 Å². The molecule has 2 N–H and O–H groups in total. The van der Waals surface area contributed by atoms with Crippen molar-refractivity contribution in [3.8, 4) is 0 Å². The minimum absolute atomic E-state index is 0.254. The van der Waals surface area contributed by atoms with Crippen LogP contribution in [0.1, 0.15) is 24.8 Å². The third-order valence-electron chi connectivity index (χ3n) is 3.17. The fourth-order valence-electron chi connectivity index (χ4n) is 2.21. The molecule has 1 fully saturated rings. The fourth-order valence-corrected chi connectivity index (χ4v) is 2.34. The maximum atomic E-state index is 10.1. The van der Waals surface area contributed by atoms with E-state index >= 15 is 0 Å². The summed E-state index contributed by atoms with van der Waals surface area (Å²) in [6.45, 7) is 1.03. The molecule has 0 spiro atoms. The third kappa shape index (κ3) is 3.21. The number of halogens is 1. The first-order chi connectivity index (χ1) is 7.75. The van der Waals surface area contributed by atoms with Crippen LogP contribution < -0.4 is 5.32 Å². The van der Waals surface area contributed by atoms with Gasteiger partial charge in [-0.3, -0.25) is 0 Å². The van der Waals surface area contributed by atoms with Crippen molar-refractivity contribution in [1.29, 1.82) is 0 Å². The Morgan fingerprint density at radius 1 is 1.31 bits per heavy atom. The highest BCUT2D eigenvalue weighted by atomic mass is 35.5. The van der Waals surface area contributed by atoms with Crippen LogP contribution in [0.15, 0.2) is 24.3 Å². The average Bonchev–Trinajstić information content (AvgIpc) is 2.33. The lowest BCUT2D eigenvalue weighted by Gasteiger charge is -2.28. The normalized spacial score (nSPS) is 23.0. The molecule has 2 atom stereocenters. The Morgan fingerprint density at radius 2 is 2.06 bits per heavy atom. The van der Waals surface area contributed by atoms with Gasteiger partial charge >= 0.3 is 0 Å². The first kappa shape index (κ1) is 11.9. The summed E-state index contributed by atoms with van der Waals surface area (Å²) < 4.78 is 0. The summed E-state index contributed by atoms with van der Waals surface area (Å²) in [4.78, 5) is 0. The quantitative estimate of drug-likeness (QED) is 0.849. The van der Waals surface area contributed by atoms with E-state index in [2.05, 4.69) is 5.32 Å². The fraction of sp³-hybridized carbons (Fsp3) is 0.538. The molecule has 2 nitrogen and oxygen atoms in total. The molecule has 0 saturated carbocycles. The van der Waals surface area contributed by atoms with Gasteiger partial charge in [0, 0.05) is 11.1 Å². The maximum Gasteiger partial charge on any atom is 0.0733 e. The molecule has 16 heavy (non-hydrogen) atoms. The van der Waals surface area contributed by atoms with Gasteiger partial charge in [-0.05, 0) is 43.5 Å². The molecule has 0 bridgehead atoms. The van der Waals surface area contributed by atoms with Gasteiger partial charge in [-0.25, -0.2) is 0 Å². The molecule has 2 unspecified atom stereocenters. The Bertz CT molecular complexity index is 319. The van der Waals surface area contributed by atoms with E-state index in [1.54, 1.807) is 0 Å². The Labute approximate surface area is 102 Å².